The number of carbonyl (C=O) groups excluding carboxylic acids is 3. The average molecular weight is 580 g/mol. The quantitative estimate of drug-likeness (QED) is 0.292. The van der Waals surface area contributed by atoms with E-state index < -0.39 is 53.3 Å². The number of nitrogens with one attached hydrogen (secondary N) is 3. The summed E-state index contributed by atoms with van der Waals surface area (Å²) in [5.41, 5.74) is -1.74. The summed E-state index contributed by atoms with van der Waals surface area (Å²) >= 11 is 1.10. The number of likely N-dealkylation sites (tertiary alicyclic amines) is 1. The number of fused-ring (bicyclic) bond motifs is 1. The number of aryl methyl sites for hydroxylation is 1. The molecule has 1 saturated heterocycles. The van der Waals surface area contributed by atoms with Crippen LogP contribution < -0.4 is 20.1 Å². The number of anilines is 1. The largest absolute Gasteiger partial charge is 0.488 e. The van der Waals surface area contributed by atoms with Gasteiger partial charge in [-0.1, -0.05) is 0 Å². The van der Waals surface area contributed by atoms with Gasteiger partial charge in [0.15, 0.2) is 11.4 Å². The Labute approximate surface area is 222 Å². The van der Waals surface area contributed by atoms with Gasteiger partial charge in [0.1, 0.15) is 18.5 Å². The summed E-state index contributed by atoms with van der Waals surface area (Å²) in [4.78, 5) is 39.2. The van der Waals surface area contributed by atoms with Gasteiger partial charge >= 0.3 is 18.0 Å². The second kappa shape index (κ2) is 10.6. The number of aromatic nitrogens is 1. The zero-order valence-corrected chi connectivity index (χ0v) is 21.3. The Morgan fingerprint density at radius 3 is 2.62 bits per heavy atom. The van der Waals surface area contributed by atoms with Crippen molar-refractivity contribution >= 4 is 35.4 Å². The Morgan fingerprint density at radius 1 is 1.23 bits per heavy atom. The van der Waals surface area contributed by atoms with Gasteiger partial charge in [0.2, 0.25) is 0 Å². The van der Waals surface area contributed by atoms with Crippen molar-refractivity contribution in [1.82, 2.24) is 19.5 Å². The van der Waals surface area contributed by atoms with Gasteiger partial charge in [0, 0.05) is 32.0 Å². The lowest BCUT2D eigenvalue weighted by molar-refractivity contribution is -0.162. The number of hydrogen-bond donors (Lipinski definition) is 3. The van der Waals surface area contributed by atoms with Crippen molar-refractivity contribution in [3.63, 3.8) is 0 Å². The molecule has 0 saturated carbocycles. The van der Waals surface area contributed by atoms with Crippen LogP contribution in [0.4, 0.5) is 32.0 Å². The Balaban J connectivity index is 1.45. The number of halogens is 6. The lowest BCUT2D eigenvalue weighted by Crippen LogP contribution is -2.52. The molecule has 1 fully saturated rings. The van der Waals surface area contributed by atoms with Crippen LogP contribution in [-0.4, -0.2) is 64.6 Å². The van der Waals surface area contributed by atoms with Crippen molar-refractivity contribution in [3.8, 4) is 5.75 Å². The molecule has 0 bridgehead atoms. The van der Waals surface area contributed by atoms with E-state index in [-0.39, 0.29) is 36.8 Å². The fraction of sp³-hybridized carbons (Fsp3) is 0.435. The van der Waals surface area contributed by atoms with Crippen LogP contribution >= 0.6 is 11.9 Å². The second-order valence-corrected chi connectivity index (χ2v) is 10.1. The number of benzene rings is 1. The van der Waals surface area contributed by atoms with Gasteiger partial charge < -0.3 is 24.8 Å². The first-order valence-corrected chi connectivity index (χ1v) is 12.3. The molecule has 9 nitrogen and oxygen atoms in total. The fourth-order valence-corrected chi connectivity index (χ4v) is 5.18. The maximum Gasteiger partial charge on any atom is 0.408 e. The topological polar surface area (TPSA) is 105 Å². The van der Waals surface area contributed by atoms with Crippen molar-refractivity contribution in [2.75, 3.05) is 25.0 Å². The van der Waals surface area contributed by atoms with E-state index in [1.165, 1.54) is 4.57 Å². The third-order valence-corrected chi connectivity index (χ3v) is 7.40. The molecule has 3 N–H and O–H groups in total. The van der Waals surface area contributed by atoms with Gasteiger partial charge in [-0.25, -0.2) is 17.9 Å². The molecule has 2 atom stereocenters. The standard InChI is InChI=1S/C23H23F6N5O4S/c1-11(23(27,28)29)30-20(36)21(37)34-6-5-22(9-34)10-38-17-15(39-32-22)8-33(2)16(17)19(35)31-12-3-4-14(24)13(7-12)18(25)26/h3-4,7-8,11,18,32H,5-6,9-10H2,1-2H3,(H,30,36)(H,31,35)/t11?,22-/m0/s1. The van der Waals surface area contributed by atoms with Gasteiger partial charge in [0.25, 0.3) is 12.3 Å². The minimum atomic E-state index is -4.70. The summed E-state index contributed by atoms with van der Waals surface area (Å²) in [6.07, 6.45) is -5.89. The van der Waals surface area contributed by atoms with Crippen LogP contribution in [0.25, 0.3) is 0 Å². The molecule has 2 aromatic rings. The smallest absolute Gasteiger partial charge is 0.408 e. The summed E-state index contributed by atoms with van der Waals surface area (Å²) in [5.74, 6) is -4.14. The number of ether oxygens (including phenoxy) is 1. The SMILES string of the molecule is CC(NC(=O)C(=O)N1CC[C@@]2(COc3c(cn(C)c3C(=O)Nc3ccc(F)c(C(F)F)c3)SN2)C1)C(F)(F)F. The van der Waals surface area contributed by atoms with E-state index >= 15 is 0 Å². The molecule has 2 aliphatic heterocycles. The van der Waals surface area contributed by atoms with Crippen molar-refractivity contribution in [2.24, 2.45) is 7.05 Å². The minimum absolute atomic E-state index is 0.0451. The van der Waals surface area contributed by atoms with Crippen LogP contribution in [0.5, 0.6) is 5.75 Å². The maximum atomic E-state index is 13.6. The Morgan fingerprint density at radius 2 is 1.95 bits per heavy atom. The summed E-state index contributed by atoms with van der Waals surface area (Å²) < 4.78 is 88.5. The van der Waals surface area contributed by atoms with E-state index in [2.05, 4.69) is 10.0 Å². The molecule has 212 valence electrons. The van der Waals surface area contributed by atoms with Crippen molar-refractivity contribution in [1.29, 1.82) is 0 Å². The molecule has 16 heteroatoms. The number of amides is 3. The predicted molar refractivity (Wildman–Crippen MR) is 127 cm³/mol. The Bertz CT molecular complexity index is 1300. The second-order valence-electron chi connectivity index (χ2n) is 9.26. The number of alkyl halides is 5. The first kappa shape index (κ1) is 28.6. The van der Waals surface area contributed by atoms with E-state index in [0.29, 0.717) is 11.3 Å². The highest BCUT2D eigenvalue weighted by Crippen LogP contribution is 2.39. The lowest BCUT2D eigenvalue weighted by atomic mass is 10.0. The molecule has 0 aliphatic carbocycles. The third kappa shape index (κ3) is 5.95. The minimum Gasteiger partial charge on any atom is -0.488 e. The Kier molecular flexibility index (Phi) is 7.80. The zero-order chi connectivity index (χ0) is 28.7. The van der Waals surface area contributed by atoms with Crippen molar-refractivity contribution in [3.05, 3.63) is 41.5 Å². The highest BCUT2D eigenvalue weighted by atomic mass is 32.2. The van der Waals surface area contributed by atoms with Crippen LogP contribution in [0.3, 0.4) is 0 Å². The van der Waals surface area contributed by atoms with Gasteiger partial charge in [-0.2, -0.15) is 13.2 Å². The first-order valence-electron chi connectivity index (χ1n) is 11.5. The summed E-state index contributed by atoms with van der Waals surface area (Å²) in [5, 5.41) is 4.10. The number of nitrogens with zero attached hydrogens (tertiary/aromatic N) is 2. The molecule has 2 aliphatic rings. The molecule has 1 aromatic heterocycles. The predicted octanol–water partition coefficient (Wildman–Crippen LogP) is 3.38. The number of carbonyl (C=O) groups is 3. The monoisotopic (exact) mass is 579 g/mol. The molecule has 3 heterocycles. The van der Waals surface area contributed by atoms with Crippen LogP contribution in [0.15, 0.2) is 29.3 Å². The van der Waals surface area contributed by atoms with Gasteiger partial charge in [0.05, 0.1) is 16.0 Å². The van der Waals surface area contributed by atoms with E-state index in [0.717, 1.165) is 42.0 Å². The lowest BCUT2D eigenvalue weighted by Gasteiger charge is -2.27. The molecular formula is C23H23F6N5O4S. The molecule has 1 aromatic carbocycles. The fourth-order valence-electron chi connectivity index (χ4n) is 4.16. The molecule has 1 unspecified atom stereocenters. The summed E-state index contributed by atoms with van der Waals surface area (Å²) in [7, 11) is 1.56. The highest BCUT2D eigenvalue weighted by molar-refractivity contribution is 7.97. The van der Waals surface area contributed by atoms with E-state index in [4.69, 9.17) is 4.74 Å². The number of rotatable bonds is 4. The van der Waals surface area contributed by atoms with Crippen molar-refractivity contribution < 1.29 is 45.5 Å². The van der Waals surface area contributed by atoms with Crippen LogP contribution in [0.1, 0.15) is 35.8 Å². The highest BCUT2D eigenvalue weighted by Gasteiger charge is 2.45. The molecule has 39 heavy (non-hydrogen) atoms. The molecular weight excluding hydrogens is 556 g/mol. The average Bonchev–Trinajstić information content (AvgIpc) is 3.37. The Hall–Kier alpha value is -3.40. The summed E-state index contributed by atoms with van der Waals surface area (Å²) in [6.45, 7) is 0.697. The van der Waals surface area contributed by atoms with Gasteiger partial charge in [-0.3, -0.25) is 14.4 Å². The van der Waals surface area contributed by atoms with E-state index in [1.54, 1.807) is 18.6 Å². The zero-order valence-electron chi connectivity index (χ0n) is 20.5. The number of hydrogen-bond acceptors (Lipinski definition) is 6. The molecule has 3 amide bonds. The van der Waals surface area contributed by atoms with Crippen LogP contribution in [0.2, 0.25) is 0 Å². The van der Waals surface area contributed by atoms with E-state index in [9.17, 15) is 40.7 Å². The van der Waals surface area contributed by atoms with Crippen molar-refractivity contribution in [2.45, 2.75) is 42.4 Å². The van der Waals surface area contributed by atoms with Crippen LogP contribution in [-0.2, 0) is 16.6 Å². The maximum absolute atomic E-state index is 13.6. The van der Waals surface area contributed by atoms with Gasteiger partial charge in [-0.05, 0) is 43.5 Å². The summed E-state index contributed by atoms with van der Waals surface area (Å²) in [6, 6.07) is 0.598. The van der Waals surface area contributed by atoms with Crippen LogP contribution in [0, 0.1) is 5.82 Å². The third-order valence-electron chi connectivity index (χ3n) is 6.35. The molecule has 4 rings (SSSR count). The first-order chi connectivity index (χ1) is 18.2. The molecule has 0 radical (unpaired) electrons. The normalized spacial score (nSPS) is 19.9. The molecule has 1 spiro atoms. The van der Waals surface area contributed by atoms with E-state index in [1.807, 2.05) is 0 Å². The van der Waals surface area contributed by atoms with Gasteiger partial charge in [-0.15, -0.1) is 0 Å².